The Morgan fingerprint density at radius 3 is 2.64 bits per heavy atom. The van der Waals surface area contributed by atoms with Crippen LogP contribution in [0.4, 0.5) is 0 Å². The number of halogens is 1. The van der Waals surface area contributed by atoms with Gasteiger partial charge in [-0.3, -0.25) is 0 Å². The number of benzene rings is 1. The van der Waals surface area contributed by atoms with E-state index in [1.165, 1.54) is 0 Å². The first-order chi connectivity index (χ1) is 6.53. The predicted molar refractivity (Wildman–Crippen MR) is 65.0 cm³/mol. The van der Waals surface area contributed by atoms with Crippen molar-refractivity contribution < 1.29 is 4.74 Å². The molecule has 0 radical (unpaired) electrons. The van der Waals surface area contributed by atoms with E-state index in [-0.39, 0.29) is 4.32 Å². The Labute approximate surface area is 93.9 Å². The molecular formula is C12H15BrO. The maximum atomic E-state index is 5.67. The zero-order valence-corrected chi connectivity index (χ0v) is 10.2. The number of alkyl halides is 1. The number of para-hydroxylation sites is 1. The van der Waals surface area contributed by atoms with Gasteiger partial charge in [-0.25, -0.2) is 0 Å². The first-order valence-corrected chi connectivity index (χ1v) is 5.35. The minimum atomic E-state index is 0.00127. The van der Waals surface area contributed by atoms with E-state index in [0.717, 1.165) is 11.3 Å². The molecule has 1 aromatic rings. The Kier molecular flexibility index (Phi) is 3.76. The zero-order valence-electron chi connectivity index (χ0n) is 8.59. The third kappa shape index (κ3) is 3.54. The van der Waals surface area contributed by atoms with E-state index in [1.807, 2.05) is 24.3 Å². The molecule has 0 aliphatic heterocycles. The molecule has 14 heavy (non-hydrogen) atoms. The van der Waals surface area contributed by atoms with Crippen molar-refractivity contribution in [3.63, 3.8) is 0 Å². The first kappa shape index (κ1) is 11.3. The van der Waals surface area contributed by atoms with Gasteiger partial charge in [0, 0.05) is 5.56 Å². The van der Waals surface area contributed by atoms with Gasteiger partial charge in [0.15, 0.2) is 0 Å². The van der Waals surface area contributed by atoms with Crippen LogP contribution in [0.25, 0.3) is 6.08 Å². The summed E-state index contributed by atoms with van der Waals surface area (Å²) in [6.45, 7) is 8.53. The summed E-state index contributed by atoms with van der Waals surface area (Å²) < 4.78 is 5.68. The van der Waals surface area contributed by atoms with Gasteiger partial charge in [0.25, 0.3) is 0 Å². The molecular weight excluding hydrogens is 240 g/mol. The number of ether oxygens (including phenoxy) is 1. The molecule has 0 saturated heterocycles. The second-order valence-corrected chi connectivity index (χ2v) is 5.90. The highest BCUT2D eigenvalue weighted by atomic mass is 79.9. The Morgan fingerprint density at radius 2 is 2.07 bits per heavy atom. The van der Waals surface area contributed by atoms with Crippen LogP contribution in [-0.2, 0) is 0 Å². The molecule has 2 heteroatoms. The van der Waals surface area contributed by atoms with Crippen LogP contribution in [0, 0.1) is 0 Å². The van der Waals surface area contributed by atoms with Crippen molar-refractivity contribution in [2.75, 3.05) is 6.61 Å². The molecule has 0 spiro atoms. The summed E-state index contributed by atoms with van der Waals surface area (Å²) >= 11 is 3.53. The normalized spacial score (nSPS) is 11.1. The zero-order chi connectivity index (χ0) is 10.6. The van der Waals surface area contributed by atoms with Gasteiger partial charge >= 0.3 is 0 Å². The molecule has 0 aliphatic rings. The fourth-order valence-corrected chi connectivity index (χ4v) is 1.14. The van der Waals surface area contributed by atoms with Crippen molar-refractivity contribution in [2.24, 2.45) is 0 Å². The molecule has 0 N–H and O–H groups in total. The average Bonchev–Trinajstić information content (AvgIpc) is 2.14. The van der Waals surface area contributed by atoms with E-state index in [2.05, 4.69) is 36.4 Å². The molecule has 0 unspecified atom stereocenters. The fraction of sp³-hybridized carbons (Fsp3) is 0.333. The second-order valence-electron chi connectivity index (χ2n) is 3.75. The number of hydrogen-bond acceptors (Lipinski definition) is 1. The topological polar surface area (TPSA) is 9.23 Å². The van der Waals surface area contributed by atoms with Crippen molar-refractivity contribution in [2.45, 2.75) is 18.2 Å². The highest BCUT2D eigenvalue weighted by Gasteiger charge is 2.13. The molecule has 1 rings (SSSR count). The quantitative estimate of drug-likeness (QED) is 0.742. The molecule has 76 valence electrons. The van der Waals surface area contributed by atoms with Crippen LogP contribution >= 0.6 is 15.9 Å². The van der Waals surface area contributed by atoms with Gasteiger partial charge in [-0.05, 0) is 19.9 Å². The summed E-state index contributed by atoms with van der Waals surface area (Å²) in [4.78, 5) is 0. The van der Waals surface area contributed by atoms with Crippen LogP contribution < -0.4 is 4.74 Å². The molecule has 0 aromatic heterocycles. The summed E-state index contributed by atoms with van der Waals surface area (Å²) in [5.74, 6) is 0.884. The Morgan fingerprint density at radius 1 is 1.43 bits per heavy atom. The molecule has 0 aliphatic carbocycles. The van der Waals surface area contributed by atoms with Gasteiger partial charge in [-0.15, -0.1) is 0 Å². The van der Waals surface area contributed by atoms with Crippen LogP contribution in [0.1, 0.15) is 19.4 Å². The molecule has 0 fully saturated rings. The summed E-state index contributed by atoms with van der Waals surface area (Å²) in [6.07, 6.45) is 1.80. The van der Waals surface area contributed by atoms with Crippen molar-refractivity contribution in [3.05, 3.63) is 36.4 Å². The van der Waals surface area contributed by atoms with Gasteiger partial charge in [0.1, 0.15) is 12.4 Å². The van der Waals surface area contributed by atoms with Gasteiger partial charge in [0.05, 0.1) is 4.32 Å². The highest BCUT2D eigenvalue weighted by molar-refractivity contribution is 9.10. The van der Waals surface area contributed by atoms with Gasteiger partial charge < -0.3 is 4.74 Å². The van der Waals surface area contributed by atoms with Crippen molar-refractivity contribution >= 4 is 22.0 Å². The molecule has 0 bridgehead atoms. The summed E-state index contributed by atoms with van der Waals surface area (Å²) in [6, 6.07) is 7.88. The number of hydrogen-bond donors (Lipinski definition) is 0. The van der Waals surface area contributed by atoms with Crippen LogP contribution in [0.3, 0.4) is 0 Å². The maximum Gasteiger partial charge on any atom is 0.126 e. The van der Waals surface area contributed by atoms with E-state index in [9.17, 15) is 0 Å². The van der Waals surface area contributed by atoms with Crippen LogP contribution in [0.15, 0.2) is 30.8 Å². The van der Waals surface area contributed by atoms with Crippen molar-refractivity contribution in [3.8, 4) is 5.75 Å². The number of rotatable bonds is 4. The lowest BCUT2D eigenvalue weighted by atomic mass is 10.2. The minimum Gasteiger partial charge on any atom is -0.492 e. The van der Waals surface area contributed by atoms with Gasteiger partial charge in [-0.1, -0.05) is 46.8 Å². The van der Waals surface area contributed by atoms with Gasteiger partial charge in [0.2, 0.25) is 0 Å². The Bertz CT molecular complexity index is 312. The molecule has 0 atom stereocenters. The van der Waals surface area contributed by atoms with Gasteiger partial charge in [-0.2, -0.15) is 0 Å². The summed E-state index contributed by atoms with van der Waals surface area (Å²) in [5.41, 5.74) is 1.03. The maximum absolute atomic E-state index is 5.67. The molecule has 1 aromatic carbocycles. The average molecular weight is 255 g/mol. The van der Waals surface area contributed by atoms with E-state index < -0.39 is 0 Å². The van der Waals surface area contributed by atoms with E-state index in [4.69, 9.17) is 4.74 Å². The summed E-state index contributed by atoms with van der Waals surface area (Å²) in [5, 5.41) is 0. The Hall–Kier alpha value is -0.760. The fourth-order valence-electron chi connectivity index (χ4n) is 1.03. The van der Waals surface area contributed by atoms with Crippen LogP contribution in [0.5, 0.6) is 5.75 Å². The lowest BCUT2D eigenvalue weighted by Crippen LogP contribution is -2.20. The molecule has 1 nitrogen and oxygen atoms in total. The summed E-state index contributed by atoms with van der Waals surface area (Å²) in [7, 11) is 0. The first-order valence-electron chi connectivity index (χ1n) is 4.56. The van der Waals surface area contributed by atoms with E-state index in [0.29, 0.717) is 6.61 Å². The molecule has 0 amide bonds. The van der Waals surface area contributed by atoms with Crippen molar-refractivity contribution in [1.29, 1.82) is 0 Å². The second kappa shape index (κ2) is 4.65. The van der Waals surface area contributed by atoms with E-state index in [1.54, 1.807) is 6.08 Å². The lowest BCUT2D eigenvalue weighted by Gasteiger charge is -2.17. The minimum absolute atomic E-state index is 0.00127. The van der Waals surface area contributed by atoms with Crippen LogP contribution in [-0.4, -0.2) is 10.9 Å². The molecule has 0 saturated carbocycles. The largest absolute Gasteiger partial charge is 0.492 e. The predicted octanol–water partition coefficient (Wildman–Crippen LogP) is 3.88. The Balaban J connectivity index is 2.71. The molecule has 0 heterocycles. The third-order valence-electron chi connectivity index (χ3n) is 1.71. The highest BCUT2D eigenvalue weighted by Crippen LogP contribution is 2.22. The SMILES string of the molecule is C=Cc1ccccc1OCC(C)(C)Br. The smallest absolute Gasteiger partial charge is 0.126 e. The third-order valence-corrected chi connectivity index (χ3v) is 1.94. The van der Waals surface area contributed by atoms with Crippen molar-refractivity contribution in [1.82, 2.24) is 0 Å². The standard InChI is InChI=1S/C12H15BrO/c1-4-10-7-5-6-8-11(10)14-9-12(2,3)13/h4-8H,1,9H2,2-3H3. The monoisotopic (exact) mass is 254 g/mol. The van der Waals surface area contributed by atoms with E-state index >= 15 is 0 Å². The van der Waals surface area contributed by atoms with Crippen LogP contribution in [0.2, 0.25) is 0 Å². The lowest BCUT2D eigenvalue weighted by molar-refractivity contribution is 0.290.